The number of hydrogen-bond acceptors (Lipinski definition) is 8. The minimum absolute atomic E-state index is 0.0444. The second-order valence-electron chi connectivity index (χ2n) is 11.7. The Hall–Kier alpha value is -4.74. The first-order valence-electron chi connectivity index (χ1n) is 13.8. The maximum absolute atomic E-state index is 12.7. The highest BCUT2D eigenvalue weighted by atomic mass is 16.6. The van der Waals surface area contributed by atoms with Crippen molar-refractivity contribution < 1.29 is 38.1 Å². The molecule has 12 nitrogen and oxygen atoms in total. The van der Waals surface area contributed by atoms with Crippen LogP contribution in [-0.4, -0.2) is 67.0 Å². The minimum atomic E-state index is -0.822. The van der Waals surface area contributed by atoms with Crippen molar-refractivity contribution in [2.24, 2.45) is 0 Å². The lowest BCUT2D eigenvalue weighted by Gasteiger charge is -2.25. The lowest BCUT2D eigenvalue weighted by molar-refractivity contribution is -0.121. The third-order valence-corrected chi connectivity index (χ3v) is 5.69. The molecule has 12 heteroatoms. The Morgan fingerprint density at radius 2 is 1.40 bits per heavy atom. The summed E-state index contributed by atoms with van der Waals surface area (Å²) in [6.07, 6.45) is 0.334. The highest BCUT2D eigenvalue weighted by molar-refractivity contribution is 6.01. The average Bonchev–Trinajstić information content (AvgIpc) is 3.13. The summed E-state index contributed by atoms with van der Waals surface area (Å²) in [5.41, 5.74) is -0.00528. The maximum atomic E-state index is 12.7. The van der Waals surface area contributed by atoms with E-state index in [2.05, 4.69) is 22.5 Å². The predicted molar refractivity (Wildman–Crippen MR) is 161 cm³/mol. The number of anilines is 2. The molecule has 0 saturated heterocycles. The molecule has 0 bridgehead atoms. The number of nitrogens with one attached hydrogen (secondary N) is 3. The summed E-state index contributed by atoms with van der Waals surface area (Å²) in [5.74, 6) is 0.576. The summed E-state index contributed by atoms with van der Waals surface area (Å²) in [7, 11) is 0. The molecule has 4 rings (SSSR count). The van der Waals surface area contributed by atoms with Gasteiger partial charge in [-0.1, -0.05) is 30.3 Å². The van der Waals surface area contributed by atoms with Crippen LogP contribution in [0.2, 0.25) is 0 Å². The smallest absolute Gasteiger partial charge is 0.408 e. The summed E-state index contributed by atoms with van der Waals surface area (Å²) in [6.45, 7) is 14.7. The molecule has 43 heavy (non-hydrogen) atoms. The van der Waals surface area contributed by atoms with Crippen molar-refractivity contribution in [2.45, 2.75) is 64.8 Å². The number of fused-ring (bicyclic) bond motifs is 2. The van der Waals surface area contributed by atoms with Gasteiger partial charge in [0.25, 0.3) is 11.8 Å². The molecule has 2 aromatic carbocycles. The number of para-hydroxylation sites is 4. The van der Waals surface area contributed by atoms with Crippen molar-refractivity contribution in [1.82, 2.24) is 10.6 Å². The van der Waals surface area contributed by atoms with Crippen LogP contribution in [0, 0.1) is 0 Å². The minimum Gasteiger partial charge on any atom is -0.489 e. The van der Waals surface area contributed by atoms with Crippen LogP contribution in [0.5, 0.6) is 11.5 Å². The van der Waals surface area contributed by atoms with Gasteiger partial charge in [0, 0.05) is 6.54 Å². The van der Waals surface area contributed by atoms with Crippen molar-refractivity contribution >= 4 is 35.4 Å². The largest absolute Gasteiger partial charge is 0.489 e. The van der Waals surface area contributed by atoms with E-state index in [1.165, 1.54) is 4.90 Å². The predicted octanol–water partition coefficient (Wildman–Crippen LogP) is 4.40. The molecule has 3 N–H and O–H groups in total. The van der Waals surface area contributed by atoms with Gasteiger partial charge in [-0.3, -0.25) is 9.59 Å². The number of carbonyl (C=O) groups excluding carboxylic acids is 4. The molecular weight excluding hydrogens is 556 g/mol. The number of rotatable bonds is 4. The second kappa shape index (κ2) is 14.0. The quantitative estimate of drug-likeness (QED) is 0.441. The van der Waals surface area contributed by atoms with E-state index in [1.807, 2.05) is 18.2 Å². The third kappa shape index (κ3) is 9.94. The van der Waals surface area contributed by atoms with Crippen LogP contribution in [0.15, 0.2) is 61.2 Å². The Bertz CT molecular complexity index is 1330. The molecule has 0 aliphatic carbocycles. The fourth-order valence-corrected chi connectivity index (χ4v) is 3.95. The van der Waals surface area contributed by atoms with Crippen LogP contribution in [0.25, 0.3) is 0 Å². The molecule has 2 atom stereocenters. The number of carbonyl (C=O) groups is 4. The number of hydrogen-bond donors (Lipinski definition) is 3. The van der Waals surface area contributed by atoms with Gasteiger partial charge >= 0.3 is 12.2 Å². The van der Waals surface area contributed by atoms with Gasteiger partial charge in [-0.15, -0.1) is 6.58 Å². The zero-order chi connectivity index (χ0) is 31.8. The number of alkyl carbamates (subject to hydrolysis) is 2. The molecule has 0 radical (unpaired) electrons. The molecule has 0 saturated carbocycles. The molecule has 2 aromatic rings. The SMILES string of the molecule is C=CCN1C(=O)[C@@H](NC(=O)OC(C)(C)C)COc2ccccc21.CC(C)(C)OC(=O)N[C@H]1COc2ccccc2NC1=O. The van der Waals surface area contributed by atoms with E-state index in [0.717, 1.165) is 0 Å². The van der Waals surface area contributed by atoms with Crippen LogP contribution in [0.1, 0.15) is 41.5 Å². The normalized spacial score (nSPS) is 17.9. The molecule has 0 aromatic heterocycles. The van der Waals surface area contributed by atoms with E-state index in [-0.39, 0.29) is 25.0 Å². The third-order valence-electron chi connectivity index (χ3n) is 5.69. The molecule has 2 heterocycles. The van der Waals surface area contributed by atoms with Gasteiger partial charge < -0.3 is 39.8 Å². The standard InChI is InChI=1S/C17H22N2O4.C14H18N2O4/c1-5-10-19-13-8-6-7-9-14(13)22-11-12(15(19)20)18-16(21)23-17(2,3)4;1-14(2,3)20-13(18)16-10-8-19-11-7-5-4-6-9(11)15-12(10)17/h5-9,12H,1,10-11H2,2-4H3,(H,18,21);4-7,10H,8H2,1-3H3,(H,15,17)(H,16,18)/t12-;10-/m00/s1. The van der Waals surface area contributed by atoms with Crippen molar-refractivity contribution in [1.29, 1.82) is 0 Å². The fourth-order valence-electron chi connectivity index (χ4n) is 3.95. The average molecular weight is 597 g/mol. The number of amides is 4. The lowest BCUT2D eigenvalue weighted by atomic mass is 10.2. The molecule has 0 spiro atoms. The lowest BCUT2D eigenvalue weighted by Crippen LogP contribution is -2.51. The first kappa shape index (κ1) is 32.8. The summed E-state index contributed by atoms with van der Waals surface area (Å²) >= 11 is 0. The van der Waals surface area contributed by atoms with Gasteiger partial charge in [-0.2, -0.15) is 0 Å². The Morgan fingerprint density at radius 1 is 0.884 bits per heavy atom. The van der Waals surface area contributed by atoms with Gasteiger partial charge in [0.1, 0.15) is 48.0 Å². The number of ether oxygens (including phenoxy) is 4. The molecule has 2 aliphatic heterocycles. The van der Waals surface area contributed by atoms with Crippen LogP contribution >= 0.6 is 0 Å². The zero-order valence-corrected chi connectivity index (χ0v) is 25.4. The van der Waals surface area contributed by atoms with Gasteiger partial charge in [-0.05, 0) is 65.8 Å². The van der Waals surface area contributed by atoms with Gasteiger partial charge in [-0.25, -0.2) is 9.59 Å². The van der Waals surface area contributed by atoms with Crippen molar-refractivity contribution in [3.63, 3.8) is 0 Å². The monoisotopic (exact) mass is 596 g/mol. The van der Waals surface area contributed by atoms with E-state index in [4.69, 9.17) is 18.9 Å². The molecular formula is C31H40N4O8. The van der Waals surface area contributed by atoms with E-state index >= 15 is 0 Å². The summed E-state index contributed by atoms with van der Waals surface area (Å²) in [5, 5.41) is 7.79. The van der Waals surface area contributed by atoms with E-state index < -0.39 is 35.5 Å². The second-order valence-corrected chi connectivity index (χ2v) is 11.7. The summed E-state index contributed by atoms with van der Waals surface area (Å²) in [6, 6.07) is 12.7. The van der Waals surface area contributed by atoms with E-state index in [0.29, 0.717) is 29.4 Å². The van der Waals surface area contributed by atoms with Crippen molar-refractivity contribution in [2.75, 3.05) is 30.0 Å². The van der Waals surface area contributed by atoms with Crippen LogP contribution in [0.3, 0.4) is 0 Å². The summed E-state index contributed by atoms with van der Waals surface area (Å²) < 4.78 is 21.5. The van der Waals surface area contributed by atoms with Crippen molar-refractivity contribution in [3.05, 3.63) is 61.2 Å². The fraction of sp³-hybridized carbons (Fsp3) is 0.419. The van der Waals surface area contributed by atoms with Gasteiger partial charge in [0.05, 0.1) is 11.4 Å². The Kier molecular flexibility index (Phi) is 10.6. The number of nitrogens with zero attached hydrogens (tertiary/aromatic N) is 1. The molecule has 2 aliphatic rings. The Labute approximate surface area is 251 Å². The highest BCUT2D eigenvalue weighted by Crippen LogP contribution is 2.31. The number of benzene rings is 2. The first-order chi connectivity index (χ1) is 20.2. The molecule has 0 fully saturated rings. The topological polar surface area (TPSA) is 145 Å². The Balaban J connectivity index is 0.000000238. The molecule has 4 amide bonds. The van der Waals surface area contributed by atoms with Crippen molar-refractivity contribution in [3.8, 4) is 11.5 Å². The Morgan fingerprint density at radius 3 is 2.00 bits per heavy atom. The molecule has 232 valence electrons. The van der Waals surface area contributed by atoms with Gasteiger partial charge in [0.2, 0.25) is 0 Å². The summed E-state index contributed by atoms with van der Waals surface area (Å²) in [4.78, 5) is 49.9. The molecule has 0 unspecified atom stereocenters. The van der Waals surface area contributed by atoms with Crippen LogP contribution in [-0.2, 0) is 19.1 Å². The van der Waals surface area contributed by atoms with Crippen LogP contribution < -0.4 is 30.3 Å². The zero-order valence-electron chi connectivity index (χ0n) is 25.4. The first-order valence-corrected chi connectivity index (χ1v) is 13.8. The van der Waals surface area contributed by atoms with E-state index in [9.17, 15) is 19.2 Å². The van der Waals surface area contributed by atoms with E-state index in [1.54, 1.807) is 78.0 Å². The maximum Gasteiger partial charge on any atom is 0.408 e. The van der Waals surface area contributed by atoms with Gasteiger partial charge in [0.15, 0.2) is 0 Å². The van der Waals surface area contributed by atoms with Crippen LogP contribution in [0.4, 0.5) is 21.0 Å². The highest BCUT2D eigenvalue weighted by Gasteiger charge is 2.33.